The van der Waals surface area contributed by atoms with Gasteiger partial charge in [-0.05, 0) is 18.4 Å². The zero-order valence-corrected chi connectivity index (χ0v) is 21.2. The predicted molar refractivity (Wildman–Crippen MR) is 141 cm³/mol. The van der Waals surface area contributed by atoms with Gasteiger partial charge in [0, 0.05) is 62.6 Å². The molecule has 2 aromatic heterocycles. The molecule has 36 heavy (non-hydrogen) atoms. The molecular weight excluding hydrogens is 478 g/mol. The van der Waals surface area contributed by atoms with Gasteiger partial charge in [-0.15, -0.1) is 11.3 Å². The number of hydrogen-bond acceptors (Lipinski definition) is 9. The van der Waals surface area contributed by atoms with Crippen LogP contribution >= 0.6 is 11.3 Å². The molecule has 1 atom stereocenters. The Morgan fingerprint density at radius 1 is 1.22 bits per heavy atom. The normalized spacial score (nSPS) is 17.9. The van der Waals surface area contributed by atoms with Crippen LogP contribution in [-0.4, -0.2) is 95.6 Å². The van der Waals surface area contributed by atoms with Gasteiger partial charge >= 0.3 is 0 Å². The van der Waals surface area contributed by atoms with Crippen LogP contribution < -0.4 is 16.0 Å². The molecule has 0 radical (unpaired) electrons. The van der Waals surface area contributed by atoms with Gasteiger partial charge in [-0.1, -0.05) is 12.1 Å². The van der Waals surface area contributed by atoms with Crippen molar-refractivity contribution in [2.75, 3.05) is 63.1 Å². The first-order valence-electron chi connectivity index (χ1n) is 12.2. The lowest BCUT2D eigenvalue weighted by atomic mass is 10.0. The number of aliphatic hydroxyl groups is 1. The van der Waals surface area contributed by atoms with E-state index in [4.69, 9.17) is 25.8 Å². The molecule has 0 spiro atoms. The molecule has 0 saturated carbocycles. The number of amides is 1. The van der Waals surface area contributed by atoms with Gasteiger partial charge in [0.2, 0.25) is 5.95 Å². The molecule has 5 N–H and O–H groups in total. The number of benzene rings is 1. The molecule has 1 amide bonds. The average molecular weight is 511 g/mol. The van der Waals surface area contributed by atoms with E-state index >= 15 is 0 Å². The van der Waals surface area contributed by atoms with Crippen LogP contribution in [0, 0.1) is 0 Å². The third kappa shape index (κ3) is 4.79. The Kier molecular flexibility index (Phi) is 7.15. The number of aliphatic hydroxyl groups excluding tert-OH is 1. The van der Waals surface area contributed by atoms with Crippen molar-refractivity contribution in [1.82, 2.24) is 19.8 Å². The van der Waals surface area contributed by atoms with Gasteiger partial charge in [-0.2, -0.15) is 0 Å². The number of hydrogen-bond donors (Lipinski definition) is 3. The number of aromatic nitrogens is 2. The van der Waals surface area contributed by atoms with Crippen molar-refractivity contribution in [3.63, 3.8) is 0 Å². The molecule has 4 heterocycles. The van der Waals surface area contributed by atoms with E-state index in [0.29, 0.717) is 37.9 Å². The summed E-state index contributed by atoms with van der Waals surface area (Å²) < 4.78 is 6.54. The number of carbonyl (C=O) groups excluding carboxylic acids is 1. The minimum Gasteiger partial charge on any atom is -0.398 e. The Morgan fingerprint density at radius 3 is 2.67 bits per heavy atom. The Balaban J connectivity index is 1.50. The lowest BCUT2D eigenvalue weighted by Crippen LogP contribution is -2.50. The maximum atomic E-state index is 12.1. The Labute approximate surface area is 213 Å². The summed E-state index contributed by atoms with van der Waals surface area (Å²) >= 11 is 1.63. The van der Waals surface area contributed by atoms with E-state index in [1.54, 1.807) is 16.2 Å². The van der Waals surface area contributed by atoms with Crippen molar-refractivity contribution >= 4 is 45.3 Å². The summed E-state index contributed by atoms with van der Waals surface area (Å²) in [6, 6.07) is 5.76. The summed E-state index contributed by atoms with van der Waals surface area (Å²) in [5.41, 5.74) is 11.4. The number of carbonyl (C=O) groups is 1. The van der Waals surface area contributed by atoms with Gasteiger partial charge in [0.15, 0.2) is 6.21 Å². The number of anilines is 2. The number of nitrogens with two attached hydrogens (primary N) is 2. The lowest BCUT2D eigenvalue weighted by molar-refractivity contribution is -0.141. The number of ether oxygens (including phenoxy) is 1. The molecule has 2 saturated heterocycles. The van der Waals surface area contributed by atoms with Crippen molar-refractivity contribution in [3.05, 3.63) is 34.7 Å². The van der Waals surface area contributed by atoms with Gasteiger partial charge < -0.3 is 25.4 Å². The van der Waals surface area contributed by atoms with Gasteiger partial charge in [0.25, 0.3) is 5.91 Å². The van der Waals surface area contributed by atoms with E-state index in [1.807, 2.05) is 18.2 Å². The van der Waals surface area contributed by atoms with Crippen molar-refractivity contribution in [3.8, 4) is 11.3 Å². The fourth-order valence-electron chi connectivity index (χ4n) is 4.76. The highest BCUT2D eigenvalue weighted by Gasteiger charge is 2.26. The summed E-state index contributed by atoms with van der Waals surface area (Å²) in [7, 11) is 0. The number of piperazine rings is 1. The highest BCUT2D eigenvalue weighted by Crippen LogP contribution is 2.37. The zero-order chi connectivity index (χ0) is 25.2. The Bertz CT molecular complexity index is 1260. The highest BCUT2D eigenvalue weighted by molar-refractivity contribution is 7.17. The summed E-state index contributed by atoms with van der Waals surface area (Å²) in [5.74, 6) is 0.469. The fraction of sp³-hybridized carbons (Fsp3) is 0.440. The first-order valence-corrected chi connectivity index (χ1v) is 13.1. The molecule has 10 nitrogen and oxygen atoms in total. The molecule has 3 aromatic rings. The molecule has 5 rings (SSSR count). The van der Waals surface area contributed by atoms with Gasteiger partial charge in [0.1, 0.15) is 6.10 Å². The first-order chi connectivity index (χ1) is 17.5. The molecule has 11 heteroatoms. The maximum Gasteiger partial charge on any atom is 0.251 e. The quantitative estimate of drug-likeness (QED) is 0.311. The highest BCUT2D eigenvalue weighted by atomic mass is 32.1. The average Bonchev–Trinajstić information content (AvgIpc) is 3.31. The molecule has 2 aliphatic heterocycles. The second-order valence-corrected chi connectivity index (χ2v) is 10.0. The van der Waals surface area contributed by atoms with Gasteiger partial charge in [-0.25, -0.2) is 9.97 Å². The topological polar surface area (TPSA) is 134 Å². The van der Waals surface area contributed by atoms with E-state index in [0.717, 1.165) is 65.3 Å². The number of nitrogens with zero attached hydrogens (tertiary/aromatic N) is 5. The summed E-state index contributed by atoms with van der Waals surface area (Å²) in [5, 5.41) is 17.7. The summed E-state index contributed by atoms with van der Waals surface area (Å²) in [4.78, 5) is 28.4. The van der Waals surface area contributed by atoms with E-state index in [1.165, 1.54) is 13.1 Å². The van der Waals surface area contributed by atoms with Crippen molar-refractivity contribution in [2.24, 2.45) is 0 Å². The molecule has 2 aliphatic rings. The van der Waals surface area contributed by atoms with Crippen LogP contribution in [-0.2, 0) is 16.1 Å². The molecule has 1 aromatic carbocycles. The van der Waals surface area contributed by atoms with Crippen LogP contribution in [0.5, 0.6) is 0 Å². The predicted octanol–water partition coefficient (Wildman–Crippen LogP) is -0.0199. The minimum atomic E-state index is -0.964. The van der Waals surface area contributed by atoms with Gasteiger partial charge in [0.05, 0.1) is 34.7 Å². The fourth-order valence-corrected chi connectivity index (χ4v) is 5.76. The third-order valence-corrected chi connectivity index (χ3v) is 7.79. The first kappa shape index (κ1) is 24.6. The zero-order valence-electron chi connectivity index (χ0n) is 20.4. The lowest BCUT2D eigenvalue weighted by Gasteiger charge is -2.35. The van der Waals surface area contributed by atoms with Gasteiger partial charge in [-0.3, -0.25) is 15.1 Å². The van der Waals surface area contributed by atoms with Crippen LogP contribution in [0.2, 0.25) is 0 Å². The smallest absolute Gasteiger partial charge is 0.251 e. The van der Waals surface area contributed by atoms with E-state index < -0.39 is 6.10 Å². The van der Waals surface area contributed by atoms with Crippen LogP contribution in [0.15, 0.2) is 23.6 Å². The largest absolute Gasteiger partial charge is 0.398 e. The third-order valence-electron chi connectivity index (χ3n) is 6.77. The van der Waals surface area contributed by atoms with E-state index in [9.17, 15) is 9.90 Å². The van der Waals surface area contributed by atoms with Crippen molar-refractivity contribution < 1.29 is 20.0 Å². The summed E-state index contributed by atoms with van der Waals surface area (Å²) in [6.07, 6.45) is 0.573. The van der Waals surface area contributed by atoms with Crippen LogP contribution in [0.1, 0.15) is 18.1 Å². The van der Waals surface area contributed by atoms with Crippen molar-refractivity contribution in [2.45, 2.75) is 19.6 Å². The molecule has 0 unspecified atom stereocenters. The van der Waals surface area contributed by atoms with Crippen LogP contribution in [0.3, 0.4) is 0 Å². The molecule has 2 fully saturated rings. The number of fused-ring (bicyclic) bond motifs is 1. The molecule has 190 valence electrons. The second-order valence-electron chi connectivity index (χ2n) is 9.16. The standard InChI is InChI=1S/C25H31N7O3S/c1-16(33)24(34)31-7-5-30(6-8-31)14-17-15-36-23-21(17)28-25(32-9-11-35-12-10-32)29-22(23)18-3-2-4-20(27)19(18)13-26/h2-4,13,15-16,26,33H,5-12,14,27H2,1H3/p+1/t16-/m0/s1. The Hall–Kier alpha value is -3.12. The van der Waals surface area contributed by atoms with E-state index in [2.05, 4.69) is 15.2 Å². The van der Waals surface area contributed by atoms with Crippen molar-refractivity contribution in [1.29, 1.82) is 0 Å². The SMILES string of the molecule is C[C@H](O)C(=O)N1CCN(Cc2csc3c(-c4cccc(N)c4C=[NH2+])nc(N4CCOCC4)nc23)CC1. The number of rotatable bonds is 6. The minimum absolute atomic E-state index is 0.210. The number of thiophene rings is 1. The Morgan fingerprint density at radius 2 is 1.97 bits per heavy atom. The maximum absolute atomic E-state index is 12.1. The van der Waals surface area contributed by atoms with Crippen LogP contribution in [0.25, 0.3) is 21.5 Å². The van der Waals surface area contributed by atoms with E-state index in [-0.39, 0.29) is 5.91 Å². The monoisotopic (exact) mass is 510 g/mol. The summed E-state index contributed by atoms with van der Waals surface area (Å²) in [6.45, 7) is 7.68. The van der Waals surface area contributed by atoms with Crippen LogP contribution in [0.4, 0.5) is 11.6 Å². The number of morpholine rings is 1. The molecule has 0 aliphatic carbocycles. The number of nitrogen functional groups attached to an aromatic ring is 1. The molecular formula is C25H32N7O3S+. The second kappa shape index (κ2) is 10.5. The molecule has 0 bridgehead atoms.